The van der Waals surface area contributed by atoms with Crippen LogP contribution in [0, 0.1) is 0 Å². The first-order valence-electron chi connectivity index (χ1n) is 16.2. The lowest BCUT2D eigenvalue weighted by atomic mass is 9.95. The summed E-state index contributed by atoms with van der Waals surface area (Å²) in [5.74, 6) is 0.712. The lowest BCUT2D eigenvalue weighted by Gasteiger charge is -2.14. The number of rotatable bonds is 5. The second-order valence-corrected chi connectivity index (χ2v) is 12.1. The molecule has 0 amide bonds. The smallest absolute Gasteiger partial charge is 0.161 e. The fourth-order valence-corrected chi connectivity index (χ4v) is 6.78. The molecule has 0 bridgehead atoms. The molecule has 2 aromatic heterocycles. The van der Waals surface area contributed by atoms with Crippen LogP contribution in [0.5, 0.6) is 0 Å². The molecule has 7 aromatic carbocycles. The zero-order valence-electron chi connectivity index (χ0n) is 26.1. The van der Waals surface area contributed by atoms with E-state index in [1.807, 2.05) is 18.5 Å². The molecule has 0 saturated carbocycles. The van der Waals surface area contributed by atoms with Gasteiger partial charge in [-0.05, 0) is 67.9 Å². The summed E-state index contributed by atoms with van der Waals surface area (Å²) in [6.45, 7) is 0. The molecule has 0 N–H and O–H groups in total. The van der Waals surface area contributed by atoms with Crippen LogP contribution in [0.2, 0.25) is 0 Å². The van der Waals surface area contributed by atoms with Gasteiger partial charge in [0, 0.05) is 40.0 Å². The summed E-state index contributed by atoms with van der Waals surface area (Å²) in [6, 6.07) is 57.6. The largest absolute Gasteiger partial charge is 0.263 e. The number of nitrogens with zero attached hydrogens (tertiary/aromatic N) is 3. The van der Waals surface area contributed by atoms with Gasteiger partial charge in [-0.1, -0.05) is 140 Å². The van der Waals surface area contributed by atoms with Gasteiger partial charge in [-0.3, -0.25) is 4.98 Å². The fourth-order valence-electron chi connectivity index (χ4n) is 6.78. The van der Waals surface area contributed by atoms with Crippen LogP contribution >= 0.6 is 0 Å². The first kappa shape index (κ1) is 27.8. The minimum absolute atomic E-state index is 0.712. The Balaban J connectivity index is 1.20. The molecule has 0 spiro atoms. The van der Waals surface area contributed by atoms with E-state index in [4.69, 9.17) is 9.97 Å². The Morgan fingerprint density at radius 3 is 1.67 bits per heavy atom. The Kier molecular flexibility index (Phi) is 6.80. The van der Waals surface area contributed by atoms with Gasteiger partial charge >= 0.3 is 0 Å². The maximum absolute atomic E-state index is 5.27. The molecule has 9 rings (SSSR count). The van der Waals surface area contributed by atoms with Crippen LogP contribution in [0.25, 0.3) is 88.5 Å². The minimum Gasteiger partial charge on any atom is -0.263 e. The molecule has 0 unspecified atom stereocenters. The second-order valence-electron chi connectivity index (χ2n) is 12.1. The molecule has 2 heterocycles. The first-order valence-corrected chi connectivity index (χ1v) is 16.2. The summed E-state index contributed by atoms with van der Waals surface area (Å²) in [4.78, 5) is 15.0. The lowest BCUT2D eigenvalue weighted by molar-refractivity contribution is 1.19. The summed E-state index contributed by atoms with van der Waals surface area (Å²) < 4.78 is 0. The number of pyridine rings is 1. The fraction of sp³-hybridized carbons (Fsp3) is 0. The Hall–Kier alpha value is -6.45. The van der Waals surface area contributed by atoms with Gasteiger partial charge in [0.05, 0.1) is 11.4 Å². The van der Waals surface area contributed by atoms with Crippen molar-refractivity contribution in [3.8, 4) is 56.2 Å². The molecule has 0 aliphatic rings. The average molecular weight is 612 g/mol. The van der Waals surface area contributed by atoms with Gasteiger partial charge in [0.15, 0.2) is 5.82 Å². The van der Waals surface area contributed by atoms with Crippen LogP contribution in [-0.4, -0.2) is 15.0 Å². The average Bonchev–Trinajstić information content (AvgIpc) is 3.17. The van der Waals surface area contributed by atoms with Crippen LogP contribution in [0.15, 0.2) is 176 Å². The van der Waals surface area contributed by atoms with E-state index >= 15 is 0 Å². The molecule has 224 valence electrons. The highest BCUT2D eigenvalue weighted by Crippen LogP contribution is 2.37. The van der Waals surface area contributed by atoms with Crippen molar-refractivity contribution in [1.82, 2.24) is 15.0 Å². The molecule has 0 aliphatic carbocycles. The Bertz CT molecular complexity index is 2620. The van der Waals surface area contributed by atoms with E-state index in [0.717, 1.165) is 61.1 Å². The predicted molar refractivity (Wildman–Crippen MR) is 200 cm³/mol. The Morgan fingerprint density at radius 2 is 0.875 bits per heavy atom. The van der Waals surface area contributed by atoms with Gasteiger partial charge in [0.1, 0.15) is 0 Å². The predicted octanol–water partition coefficient (Wildman–Crippen LogP) is 11.7. The molecular weight excluding hydrogens is 583 g/mol. The van der Waals surface area contributed by atoms with Crippen molar-refractivity contribution in [2.24, 2.45) is 0 Å². The highest BCUT2D eigenvalue weighted by molar-refractivity contribution is 6.13. The van der Waals surface area contributed by atoms with Crippen molar-refractivity contribution < 1.29 is 0 Å². The van der Waals surface area contributed by atoms with E-state index in [1.54, 1.807) is 0 Å². The number of fused-ring (bicyclic) bond motifs is 4. The topological polar surface area (TPSA) is 38.7 Å². The molecular formula is C45H29N3. The quantitative estimate of drug-likeness (QED) is 0.182. The summed E-state index contributed by atoms with van der Waals surface area (Å²) in [6.07, 6.45) is 3.88. The normalized spacial score (nSPS) is 11.3. The van der Waals surface area contributed by atoms with Crippen LogP contribution in [0.3, 0.4) is 0 Å². The summed E-state index contributed by atoms with van der Waals surface area (Å²) >= 11 is 0. The van der Waals surface area contributed by atoms with Gasteiger partial charge in [0.2, 0.25) is 0 Å². The van der Waals surface area contributed by atoms with E-state index in [-0.39, 0.29) is 0 Å². The van der Waals surface area contributed by atoms with Crippen molar-refractivity contribution in [3.05, 3.63) is 176 Å². The molecule has 0 radical (unpaired) electrons. The van der Waals surface area contributed by atoms with E-state index in [1.165, 1.54) is 21.5 Å². The lowest BCUT2D eigenvalue weighted by Crippen LogP contribution is -1.97. The Morgan fingerprint density at radius 1 is 0.312 bits per heavy atom. The minimum atomic E-state index is 0.712. The SMILES string of the molecule is c1ccc(-c2cc(-c3cccc(-c4cccc(-c5cncc6ccccc56)c4)c3)nc(-c3cc4ccccc4c4ccccc34)n2)cc1. The van der Waals surface area contributed by atoms with Crippen molar-refractivity contribution in [2.75, 3.05) is 0 Å². The third-order valence-electron chi connectivity index (χ3n) is 9.14. The van der Waals surface area contributed by atoms with Crippen LogP contribution in [0.1, 0.15) is 0 Å². The second kappa shape index (κ2) is 11.7. The zero-order valence-corrected chi connectivity index (χ0v) is 26.1. The van der Waals surface area contributed by atoms with E-state index < -0.39 is 0 Å². The molecule has 0 saturated heterocycles. The highest BCUT2D eigenvalue weighted by atomic mass is 14.9. The standard InChI is InChI=1S/C45H29N3/c1-2-12-30(13-3-1)43-27-44(48-45(47-43)41-26-34-14-4-6-20-37(34)39-22-8-9-23-40(39)41)35-19-11-17-32(25-35)31-16-10-18-33(24-31)42-29-46-28-36-15-5-7-21-38(36)42/h1-29H. The summed E-state index contributed by atoms with van der Waals surface area (Å²) in [5, 5.41) is 7.07. The maximum atomic E-state index is 5.27. The van der Waals surface area contributed by atoms with Gasteiger partial charge in [-0.25, -0.2) is 9.97 Å². The van der Waals surface area contributed by atoms with Crippen molar-refractivity contribution >= 4 is 32.3 Å². The van der Waals surface area contributed by atoms with Gasteiger partial charge in [0.25, 0.3) is 0 Å². The third kappa shape index (κ3) is 4.99. The summed E-state index contributed by atoms with van der Waals surface area (Å²) in [7, 11) is 0. The number of benzene rings is 7. The van der Waals surface area contributed by atoms with Gasteiger partial charge < -0.3 is 0 Å². The molecule has 3 nitrogen and oxygen atoms in total. The van der Waals surface area contributed by atoms with Crippen molar-refractivity contribution in [1.29, 1.82) is 0 Å². The summed E-state index contributed by atoms with van der Waals surface area (Å²) in [5.41, 5.74) is 9.42. The molecule has 48 heavy (non-hydrogen) atoms. The molecule has 3 heteroatoms. The van der Waals surface area contributed by atoms with Crippen molar-refractivity contribution in [3.63, 3.8) is 0 Å². The molecule has 9 aromatic rings. The van der Waals surface area contributed by atoms with Gasteiger partial charge in [-0.15, -0.1) is 0 Å². The zero-order chi connectivity index (χ0) is 31.9. The highest BCUT2D eigenvalue weighted by Gasteiger charge is 2.15. The van der Waals surface area contributed by atoms with E-state index in [2.05, 4.69) is 163 Å². The molecule has 0 aliphatic heterocycles. The van der Waals surface area contributed by atoms with E-state index in [0.29, 0.717) is 5.82 Å². The third-order valence-corrected chi connectivity index (χ3v) is 9.14. The van der Waals surface area contributed by atoms with Crippen LogP contribution in [-0.2, 0) is 0 Å². The molecule has 0 fully saturated rings. The number of hydrogen-bond donors (Lipinski definition) is 0. The van der Waals surface area contributed by atoms with Crippen LogP contribution in [0.4, 0.5) is 0 Å². The van der Waals surface area contributed by atoms with Crippen molar-refractivity contribution in [2.45, 2.75) is 0 Å². The molecule has 0 atom stereocenters. The van der Waals surface area contributed by atoms with E-state index in [9.17, 15) is 0 Å². The maximum Gasteiger partial charge on any atom is 0.161 e. The van der Waals surface area contributed by atoms with Gasteiger partial charge in [-0.2, -0.15) is 0 Å². The monoisotopic (exact) mass is 611 g/mol. The number of aromatic nitrogens is 3. The first-order chi connectivity index (χ1) is 23.8. The van der Waals surface area contributed by atoms with Crippen LogP contribution < -0.4 is 0 Å². The Labute approximate surface area is 278 Å². The number of hydrogen-bond acceptors (Lipinski definition) is 3.